The summed E-state index contributed by atoms with van der Waals surface area (Å²) < 4.78 is 1.87. The van der Waals surface area contributed by atoms with Crippen LogP contribution in [0.25, 0.3) is 0 Å². The average Bonchev–Trinajstić information content (AvgIpc) is 2.53. The molecule has 1 unspecified atom stereocenters. The van der Waals surface area contributed by atoms with Crippen molar-refractivity contribution in [3.63, 3.8) is 0 Å². The second-order valence-electron chi connectivity index (χ2n) is 3.22. The van der Waals surface area contributed by atoms with E-state index in [1.807, 2.05) is 23.0 Å². The maximum absolute atomic E-state index is 8.46. The fourth-order valence-electron chi connectivity index (χ4n) is 1.24. The van der Waals surface area contributed by atoms with Crippen molar-refractivity contribution in [2.45, 2.75) is 32.4 Å². The Balaban J connectivity index is 2.54. The molecule has 1 aromatic heterocycles. The predicted octanol–water partition coefficient (Wildman–Crippen LogP) is 1.29. The maximum atomic E-state index is 8.46. The van der Waals surface area contributed by atoms with Crippen LogP contribution in [0.15, 0.2) is 18.5 Å². The van der Waals surface area contributed by atoms with E-state index in [9.17, 15) is 0 Å². The Bertz CT molecular complexity index is 295. The monoisotopic (exact) mass is 177 g/mol. The molecule has 0 aliphatic rings. The molecule has 0 aliphatic heterocycles. The van der Waals surface area contributed by atoms with Crippen LogP contribution >= 0.6 is 0 Å². The molecule has 3 heteroatoms. The summed E-state index contributed by atoms with van der Waals surface area (Å²) in [5, 5.41) is 8.46. The van der Waals surface area contributed by atoms with Gasteiger partial charge in [-0.3, -0.25) is 0 Å². The Hall–Kier alpha value is -1.27. The first kappa shape index (κ1) is 9.82. The van der Waals surface area contributed by atoms with Crippen LogP contribution < -0.4 is 5.73 Å². The van der Waals surface area contributed by atoms with Crippen molar-refractivity contribution in [2.75, 3.05) is 0 Å². The summed E-state index contributed by atoms with van der Waals surface area (Å²) in [4.78, 5) is 0. The molecule has 1 aromatic rings. The third kappa shape index (κ3) is 2.92. The van der Waals surface area contributed by atoms with E-state index in [0.717, 1.165) is 12.8 Å². The Labute approximate surface area is 78.8 Å². The number of hydrogen-bond donors (Lipinski definition) is 1. The molecule has 1 atom stereocenters. The average molecular weight is 177 g/mol. The molecular weight excluding hydrogens is 162 g/mol. The summed E-state index contributed by atoms with van der Waals surface area (Å²) in [5.74, 6) is 0. The second-order valence-corrected chi connectivity index (χ2v) is 3.22. The van der Waals surface area contributed by atoms with Gasteiger partial charge in [-0.25, -0.2) is 0 Å². The molecule has 0 aliphatic carbocycles. The lowest BCUT2D eigenvalue weighted by molar-refractivity contribution is 0.645. The molecule has 0 fully saturated rings. The quantitative estimate of drug-likeness (QED) is 0.753. The molecular formula is C10H15N3. The fraction of sp³-hybridized carbons (Fsp3) is 0.500. The summed E-state index contributed by atoms with van der Waals surface area (Å²) in [6.45, 7) is 2.50. The van der Waals surface area contributed by atoms with Crippen molar-refractivity contribution in [1.29, 1.82) is 5.26 Å². The number of nitrogens with zero attached hydrogens (tertiary/aromatic N) is 2. The molecule has 0 saturated carbocycles. The standard InChI is InChI=1S/C10H15N3/c1-2-10(12)7-9-3-5-13(8-9)6-4-11/h3,5,8,10H,2,6-7,12H2,1H3. The van der Waals surface area contributed by atoms with Gasteiger partial charge in [0.15, 0.2) is 0 Å². The third-order valence-electron chi connectivity index (χ3n) is 2.09. The van der Waals surface area contributed by atoms with E-state index in [1.165, 1.54) is 5.56 Å². The van der Waals surface area contributed by atoms with Crippen molar-refractivity contribution >= 4 is 0 Å². The van der Waals surface area contributed by atoms with Crippen molar-refractivity contribution in [3.05, 3.63) is 24.0 Å². The minimum Gasteiger partial charge on any atom is -0.340 e. The lowest BCUT2D eigenvalue weighted by Gasteiger charge is -2.05. The molecule has 2 N–H and O–H groups in total. The van der Waals surface area contributed by atoms with Gasteiger partial charge in [0.05, 0.1) is 6.07 Å². The minimum atomic E-state index is 0.234. The molecule has 13 heavy (non-hydrogen) atoms. The first-order valence-corrected chi connectivity index (χ1v) is 4.53. The fourth-order valence-corrected chi connectivity index (χ4v) is 1.24. The lowest BCUT2D eigenvalue weighted by Crippen LogP contribution is -2.21. The molecule has 0 aromatic carbocycles. The summed E-state index contributed by atoms with van der Waals surface area (Å²) >= 11 is 0. The van der Waals surface area contributed by atoms with Crippen LogP contribution in [0, 0.1) is 11.3 Å². The Kier molecular flexibility index (Phi) is 3.53. The first-order valence-electron chi connectivity index (χ1n) is 4.53. The van der Waals surface area contributed by atoms with Gasteiger partial charge in [-0.1, -0.05) is 6.92 Å². The summed E-state index contributed by atoms with van der Waals surface area (Å²) in [5.41, 5.74) is 7.03. The van der Waals surface area contributed by atoms with E-state index >= 15 is 0 Å². The van der Waals surface area contributed by atoms with E-state index in [1.54, 1.807) is 0 Å². The largest absolute Gasteiger partial charge is 0.340 e. The highest BCUT2D eigenvalue weighted by molar-refractivity contribution is 5.12. The Morgan fingerprint density at radius 1 is 1.69 bits per heavy atom. The summed E-state index contributed by atoms with van der Waals surface area (Å²) in [7, 11) is 0. The Morgan fingerprint density at radius 2 is 2.46 bits per heavy atom. The Morgan fingerprint density at radius 3 is 3.08 bits per heavy atom. The van der Waals surface area contributed by atoms with Crippen LogP contribution in [0.4, 0.5) is 0 Å². The zero-order chi connectivity index (χ0) is 9.68. The van der Waals surface area contributed by atoms with Gasteiger partial charge in [-0.05, 0) is 24.5 Å². The topological polar surface area (TPSA) is 54.7 Å². The van der Waals surface area contributed by atoms with E-state index in [4.69, 9.17) is 11.0 Å². The smallest absolute Gasteiger partial charge is 0.109 e. The number of hydrogen-bond acceptors (Lipinski definition) is 2. The molecule has 0 saturated heterocycles. The minimum absolute atomic E-state index is 0.234. The van der Waals surface area contributed by atoms with Crippen molar-refractivity contribution in [3.8, 4) is 6.07 Å². The van der Waals surface area contributed by atoms with Crippen LogP contribution in [-0.4, -0.2) is 10.6 Å². The van der Waals surface area contributed by atoms with Crippen LogP contribution in [0.3, 0.4) is 0 Å². The van der Waals surface area contributed by atoms with Gasteiger partial charge in [-0.2, -0.15) is 5.26 Å². The van der Waals surface area contributed by atoms with Gasteiger partial charge in [0.25, 0.3) is 0 Å². The van der Waals surface area contributed by atoms with E-state index < -0.39 is 0 Å². The van der Waals surface area contributed by atoms with E-state index in [-0.39, 0.29) is 6.04 Å². The number of aromatic nitrogens is 1. The maximum Gasteiger partial charge on any atom is 0.109 e. The highest BCUT2D eigenvalue weighted by atomic mass is 14.9. The highest BCUT2D eigenvalue weighted by Crippen LogP contribution is 2.05. The van der Waals surface area contributed by atoms with E-state index in [0.29, 0.717) is 6.54 Å². The van der Waals surface area contributed by atoms with Gasteiger partial charge in [0.1, 0.15) is 6.54 Å². The summed E-state index contributed by atoms with van der Waals surface area (Å²) in [6.07, 6.45) is 5.79. The molecule has 3 nitrogen and oxygen atoms in total. The predicted molar refractivity (Wildman–Crippen MR) is 52.0 cm³/mol. The molecule has 1 heterocycles. The lowest BCUT2D eigenvalue weighted by atomic mass is 10.1. The van der Waals surface area contributed by atoms with Gasteiger partial charge in [-0.15, -0.1) is 0 Å². The number of rotatable bonds is 4. The van der Waals surface area contributed by atoms with Gasteiger partial charge >= 0.3 is 0 Å². The molecule has 0 spiro atoms. The molecule has 0 radical (unpaired) electrons. The van der Waals surface area contributed by atoms with Gasteiger partial charge in [0, 0.05) is 18.4 Å². The third-order valence-corrected chi connectivity index (χ3v) is 2.09. The SMILES string of the molecule is CCC(N)Cc1ccn(CC#N)c1. The van der Waals surface area contributed by atoms with E-state index in [2.05, 4.69) is 13.0 Å². The summed E-state index contributed by atoms with van der Waals surface area (Å²) in [6, 6.07) is 4.35. The van der Waals surface area contributed by atoms with Crippen LogP contribution in [0.2, 0.25) is 0 Å². The molecule has 70 valence electrons. The van der Waals surface area contributed by atoms with Crippen LogP contribution in [0.1, 0.15) is 18.9 Å². The van der Waals surface area contributed by atoms with Crippen molar-refractivity contribution < 1.29 is 0 Å². The first-order chi connectivity index (χ1) is 6.26. The van der Waals surface area contributed by atoms with Crippen molar-refractivity contribution in [2.24, 2.45) is 5.73 Å². The number of nitrogens with two attached hydrogens (primary N) is 1. The highest BCUT2D eigenvalue weighted by Gasteiger charge is 2.02. The van der Waals surface area contributed by atoms with Gasteiger partial charge < -0.3 is 10.3 Å². The van der Waals surface area contributed by atoms with Crippen LogP contribution in [0.5, 0.6) is 0 Å². The zero-order valence-corrected chi connectivity index (χ0v) is 7.90. The second kappa shape index (κ2) is 4.68. The van der Waals surface area contributed by atoms with Crippen molar-refractivity contribution in [1.82, 2.24) is 4.57 Å². The molecule has 0 amide bonds. The zero-order valence-electron chi connectivity index (χ0n) is 7.90. The normalized spacial score (nSPS) is 12.4. The number of nitriles is 1. The molecule has 0 bridgehead atoms. The molecule has 1 rings (SSSR count). The van der Waals surface area contributed by atoms with Crippen LogP contribution in [-0.2, 0) is 13.0 Å². The van der Waals surface area contributed by atoms with Gasteiger partial charge in [0.2, 0.25) is 0 Å².